The molecule has 0 spiro atoms. The Morgan fingerprint density at radius 1 is 1.50 bits per heavy atom. The van der Waals surface area contributed by atoms with E-state index < -0.39 is 16.6 Å². The van der Waals surface area contributed by atoms with Crippen molar-refractivity contribution in [3.63, 3.8) is 0 Å². The maximum absolute atomic E-state index is 13.1. The van der Waals surface area contributed by atoms with E-state index in [0.717, 1.165) is 18.6 Å². The molecule has 2 unspecified atom stereocenters. The lowest BCUT2D eigenvalue weighted by atomic mass is 10.3. The lowest BCUT2D eigenvalue weighted by Crippen LogP contribution is -2.35. The van der Waals surface area contributed by atoms with Gasteiger partial charge in [-0.3, -0.25) is 9.00 Å². The third kappa shape index (κ3) is 4.44. The average Bonchev–Trinajstić information content (AvgIpc) is 2.27. The summed E-state index contributed by atoms with van der Waals surface area (Å²) in [4.78, 5) is 11.8. The predicted molar refractivity (Wildman–Crippen MR) is 70.0 cm³/mol. The van der Waals surface area contributed by atoms with Crippen LogP contribution in [0.3, 0.4) is 0 Å². The molecular weight excluding hydrogens is 255 g/mol. The molecule has 0 radical (unpaired) electrons. The van der Waals surface area contributed by atoms with E-state index in [1.54, 1.807) is 0 Å². The van der Waals surface area contributed by atoms with E-state index in [9.17, 15) is 13.4 Å². The van der Waals surface area contributed by atoms with E-state index >= 15 is 0 Å². The van der Waals surface area contributed by atoms with Crippen LogP contribution in [0.4, 0.5) is 10.1 Å². The van der Waals surface area contributed by atoms with Gasteiger partial charge in [-0.05, 0) is 31.5 Å². The van der Waals surface area contributed by atoms with Gasteiger partial charge in [-0.15, -0.1) is 0 Å². The Labute approximate surface area is 108 Å². The Kier molecular flexibility index (Phi) is 5.27. The van der Waals surface area contributed by atoms with Crippen molar-refractivity contribution in [3.8, 4) is 0 Å². The SMILES string of the molecule is CCC(C)NC(=O)CS(=O)c1cc(N)cc(F)c1. The van der Waals surface area contributed by atoms with E-state index in [1.807, 2.05) is 13.8 Å². The van der Waals surface area contributed by atoms with Crippen LogP contribution in [0, 0.1) is 5.82 Å². The number of amides is 1. The van der Waals surface area contributed by atoms with Crippen LogP contribution in [0.2, 0.25) is 0 Å². The minimum atomic E-state index is -1.58. The largest absolute Gasteiger partial charge is 0.399 e. The zero-order valence-electron chi connectivity index (χ0n) is 10.4. The topological polar surface area (TPSA) is 72.2 Å². The van der Waals surface area contributed by atoms with Gasteiger partial charge >= 0.3 is 0 Å². The number of hydrogen-bond acceptors (Lipinski definition) is 3. The lowest BCUT2D eigenvalue weighted by Gasteiger charge is -2.11. The van der Waals surface area contributed by atoms with Crippen molar-refractivity contribution in [2.24, 2.45) is 0 Å². The molecule has 100 valence electrons. The summed E-state index contributed by atoms with van der Waals surface area (Å²) in [7, 11) is -1.58. The first-order chi connectivity index (χ1) is 8.42. The minimum Gasteiger partial charge on any atom is -0.399 e. The van der Waals surface area contributed by atoms with Gasteiger partial charge in [0.15, 0.2) is 0 Å². The summed E-state index contributed by atoms with van der Waals surface area (Å²) in [6.45, 7) is 3.80. The monoisotopic (exact) mass is 272 g/mol. The predicted octanol–water partition coefficient (Wildman–Crippen LogP) is 1.43. The highest BCUT2D eigenvalue weighted by Crippen LogP contribution is 2.14. The number of hydrogen-bond donors (Lipinski definition) is 2. The van der Waals surface area contributed by atoms with Crippen molar-refractivity contribution >= 4 is 22.4 Å². The maximum atomic E-state index is 13.1. The molecule has 0 heterocycles. The number of benzene rings is 1. The van der Waals surface area contributed by atoms with Crippen LogP contribution in [0.25, 0.3) is 0 Å². The van der Waals surface area contributed by atoms with E-state index in [1.165, 1.54) is 6.07 Å². The van der Waals surface area contributed by atoms with E-state index in [-0.39, 0.29) is 28.3 Å². The maximum Gasteiger partial charge on any atom is 0.233 e. The van der Waals surface area contributed by atoms with E-state index in [4.69, 9.17) is 5.73 Å². The summed E-state index contributed by atoms with van der Waals surface area (Å²) in [5.74, 6) is -1.06. The quantitative estimate of drug-likeness (QED) is 0.796. The van der Waals surface area contributed by atoms with Crippen molar-refractivity contribution < 1.29 is 13.4 Å². The molecule has 3 N–H and O–H groups in total. The van der Waals surface area contributed by atoms with Crippen LogP contribution in [-0.4, -0.2) is 21.9 Å². The molecule has 0 saturated carbocycles. The molecule has 0 fully saturated rings. The van der Waals surface area contributed by atoms with Crippen molar-refractivity contribution in [1.82, 2.24) is 5.32 Å². The van der Waals surface area contributed by atoms with Crippen molar-refractivity contribution in [1.29, 1.82) is 0 Å². The van der Waals surface area contributed by atoms with Crippen LogP contribution in [0.5, 0.6) is 0 Å². The van der Waals surface area contributed by atoms with Gasteiger partial charge in [0.1, 0.15) is 11.6 Å². The van der Waals surface area contributed by atoms with Crippen molar-refractivity contribution in [3.05, 3.63) is 24.0 Å². The van der Waals surface area contributed by atoms with Gasteiger partial charge in [-0.2, -0.15) is 0 Å². The highest BCUT2D eigenvalue weighted by Gasteiger charge is 2.13. The Balaban J connectivity index is 2.68. The first-order valence-corrected chi connectivity index (χ1v) is 6.98. The highest BCUT2D eigenvalue weighted by molar-refractivity contribution is 7.85. The molecule has 0 bridgehead atoms. The first-order valence-electron chi connectivity index (χ1n) is 5.66. The molecule has 0 aromatic heterocycles. The number of nitrogen functional groups attached to an aromatic ring is 1. The van der Waals surface area contributed by atoms with Gasteiger partial charge in [0.05, 0.1) is 10.8 Å². The summed E-state index contributed by atoms with van der Waals surface area (Å²) < 4.78 is 24.9. The Morgan fingerprint density at radius 2 is 2.17 bits per heavy atom. The number of anilines is 1. The highest BCUT2D eigenvalue weighted by atomic mass is 32.2. The third-order valence-electron chi connectivity index (χ3n) is 2.44. The summed E-state index contributed by atoms with van der Waals surface area (Å²) in [6, 6.07) is 3.71. The zero-order chi connectivity index (χ0) is 13.7. The molecule has 0 aliphatic heterocycles. The molecule has 2 atom stereocenters. The fourth-order valence-electron chi connectivity index (χ4n) is 1.34. The second kappa shape index (κ2) is 6.49. The summed E-state index contributed by atoms with van der Waals surface area (Å²) in [5, 5.41) is 2.70. The van der Waals surface area contributed by atoms with Crippen molar-refractivity contribution in [2.45, 2.75) is 31.2 Å². The van der Waals surface area contributed by atoms with Gasteiger partial charge in [0.2, 0.25) is 5.91 Å². The average molecular weight is 272 g/mol. The van der Waals surface area contributed by atoms with Crippen LogP contribution in [-0.2, 0) is 15.6 Å². The molecule has 6 heteroatoms. The lowest BCUT2D eigenvalue weighted by molar-refractivity contribution is -0.119. The number of carbonyl (C=O) groups is 1. The second-order valence-electron chi connectivity index (χ2n) is 4.09. The summed E-state index contributed by atoms with van der Waals surface area (Å²) >= 11 is 0. The van der Waals surface area contributed by atoms with Gasteiger partial charge in [-0.25, -0.2) is 4.39 Å². The standard InChI is InChI=1S/C12H17FN2O2S/c1-3-8(2)15-12(16)7-18(17)11-5-9(13)4-10(14)6-11/h4-6,8H,3,7,14H2,1-2H3,(H,15,16). The first kappa shape index (κ1) is 14.6. The molecule has 1 aromatic carbocycles. The minimum absolute atomic E-state index is 0.0343. The van der Waals surface area contributed by atoms with Crippen LogP contribution < -0.4 is 11.1 Å². The third-order valence-corrected chi connectivity index (χ3v) is 3.72. The number of carbonyl (C=O) groups excluding carboxylic acids is 1. The second-order valence-corrected chi connectivity index (χ2v) is 5.54. The Bertz CT molecular complexity index is 445. The molecule has 1 amide bonds. The number of halogens is 1. The number of nitrogens with one attached hydrogen (secondary N) is 1. The fourth-order valence-corrected chi connectivity index (χ4v) is 2.34. The molecular formula is C12H17FN2O2S. The molecule has 4 nitrogen and oxygen atoms in total. The molecule has 1 aromatic rings. The van der Waals surface area contributed by atoms with Crippen LogP contribution >= 0.6 is 0 Å². The molecule has 0 aliphatic rings. The van der Waals surface area contributed by atoms with E-state index in [2.05, 4.69) is 5.32 Å². The molecule has 0 aliphatic carbocycles. The fraction of sp³-hybridized carbons (Fsp3) is 0.417. The van der Waals surface area contributed by atoms with Crippen LogP contribution in [0.1, 0.15) is 20.3 Å². The molecule has 0 saturated heterocycles. The summed E-state index contributed by atoms with van der Waals surface area (Å²) in [5.41, 5.74) is 5.65. The number of rotatable bonds is 5. The Hall–Kier alpha value is -1.43. The van der Waals surface area contributed by atoms with Gasteiger partial charge in [-0.1, -0.05) is 6.92 Å². The Morgan fingerprint density at radius 3 is 2.72 bits per heavy atom. The zero-order valence-corrected chi connectivity index (χ0v) is 11.2. The summed E-state index contributed by atoms with van der Waals surface area (Å²) in [6.07, 6.45) is 0.797. The van der Waals surface area contributed by atoms with Crippen molar-refractivity contribution in [2.75, 3.05) is 11.5 Å². The molecule has 1 rings (SSSR count). The van der Waals surface area contributed by atoms with Gasteiger partial charge < -0.3 is 11.1 Å². The number of nitrogens with two attached hydrogens (primary N) is 1. The smallest absolute Gasteiger partial charge is 0.233 e. The van der Waals surface area contributed by atoms with Crippen LogP contribution in [0.15, 0.2) is 23.1 Å². The normalized spacial score (nSPS) is 13.9. The van der Waals surface area contributed by atoms with E-state index in [0.29, 0.717) is 0 Å². The van der Waals surface area contributed by atoms with Gasteiger partial charge in [0, 0.05) is 16.6 Å². The molecule has 18 heavy (non-hydrogen) atoms. The van der Waals surface area contributed by atoms with Gasteiger partial charge in [0.25, 0.3) is 0 Å².